The van der Waals surface area contributed by atoms with Gasteiger partial charge in [-0.05, 0) is 6.92 Å². The van der Waals surface area contributed by atoms with Crippen LogP contribution in [-0.4, -0.2) is 45.0 Å². The van der Waals surface area contributed by atoms with Crippen molar-refractivity contribution in [3.05, 3.63) is 0 Å². The van der Waals surface area contributed by atoms with Crippen LogP contribution < -0.4 is 5.32 Å². The first-order valence-corrected chi connectivity index (χ1v) is 5.96. The van der Waals surface area contributed by atoms with Crippen molar-refractivity contribution < 1.29 is 23.7 Å². The summed E-state index contributed by atoms with van der Waals surface area (Å²) in [6, 6.07) is 0. The van der Waals surface area contributed by atoms with Crippen molar-refractivity contribution in [3.63, 3.8) is 0 Å². The highest BCUT2D eigenvalue weighted by Gasteiger charge is 2.52. The van der Waals surface area contributed by atoms with E-state index < -0.39 is 12.1 Å². The minimum Gasteiger partial charge on any atom is -0.449 e. The maximum Gasteiger partial charge on any atom is 0.407 e. The number of carbonyl (C=O) groups excluding carboxylic acids is 1. The van der Waals surface area contributed by atoms with Crippen LogP contribution in [0.5, 0.6) is 0 Å². The number of ether oxygens (including phenoxy) is 4. The van der Waals surface area contributed by atoms with E-state index in [1.165, 1.54) is 0 Å². The van der Waals surface area contributed by atoms with Crippen molar-refractivity contribution in [2.24, 2.45) is 5.41 Å². The molecule has 17 heavy (non-hydrogen) atoms. The number of hydrogen-bond acceptors (Lipinski definition) is 5. The lowest BCUT2D eigenvalue weighted by Gasteiger charge is -2.51. The summed E-state index contributed by atoms with van der Waals surface area (Å²) in [5, 5.41) is 2.57. The van der Waals surface area contributed by atoms with Crippen LogP contribution in [0.15, 0.2) is 0 Å². The molecule has 0 aliphatic carbocycles. The van der Waals surface area contributed by atoms with Gasteiger partial charge >= 0.3 is 6.09 Å². The second-order valence-electron chi connectivity index (χ2n) is 4.51. The molecule has 0 unspecified atom stereocenters. The molecule has 0 aromatic carbocycles. The van der Waals surface area contributed by atoms with Crippen molar-refractivity contribution in [3.8, 4) is 0 Å². The molecule has 1 amide bonds. The minimum atomic E-state index is -0.868. The van der Waals surface area contributed by atoms with Gasteiger partial charge in [-0.3, -0.25) is 0 Å². The standard InChI is InChI=1S/C11H19NO5/c1-3-11-15-6-10(7-16-11,8-17-11)5-14-9(13)12-4-2/h3-8H2,1-2H3,(H,12,13). The smallest absolute Gasteiger partial charge is 0.407 e. The molecule has 3 rings (SSSR count). The Labute approximate surface area is 101 Å². The van der Waals surface area contributed by atoms with Gasteiger partial charge in [-0.2, -0.15) is 0 Å². The maximum atomic E-state index is 11.2. The minimum absolute atomic E-state index is 0.249. The zero-order chi connectivity index (χ0) is 12.4. The second-order valence-corrected chi connectivity index (χ2v) is 4.51. The Balaban J connectivity index is 1.84. The fourth-order valence-electron chi connectivity index (χ4n) is 1.88. The van der Waals surface area contributed by atoms with Crippen molar-refractivity contribution in [1.29, 1.82) is 0 Å². The van der Waals surface area contributed by atoms with Gasteiger partial charge in [-0.25, -0.2) is 4.79 Å². The Kier molecular flexibility index (Phi) is 3.56. The number of amides is 1. The third kappa shape index (κ3) is 2.53. The molecule has 0 atom stereocenters. The van der Waals surface area contributed by atoms with Crippen LogP contribution in [0.1, 0.15) is 20.3 Å². The first-order chi connectivity index (χ1) is 8.14. The zero-order valence-electron chi connectivity index (χ0n) is 10.3. The van der Waals surface area contributed by atoms with E-state index in [1.54, 1.807) is 0 Å². The largest absolute Gasteiger partial charge is 0.449 e. The fraction of sp³-hybridized carbons (Fsp3) is 0.909. The molecule has 1 N–H and O–H groups in total. The van der Waals surface area contributed by atoms with Gasteiger partial charge in [0.25, 0.3) is 5.97 Å². The van der Waals surface area contributed by atoms with E-state index in [0.29, 0.717) is 32.8 Å². The monoisotopic (exact) mass is 245 g/mol. The van der Waals surface area contributed by atoms with Crippen molar-refractivity contribution in [2.75, 3.05) is 33.0 Å². The molecule has 6 heteroatoms. The highest BCUT2D eigenvalue weighted by molar-refractivity contribution is 5.67. The molecule has 3 saturated heterocycles. The average Bonchev–Trinajstić information content (AvgIpc) is 2.39. The molecule has 3 aliphatic rings. The predicted molar refractivity (Wildman–Crippen MR) is 58.3 cm³/mol. The maximum absolute atomic E-state index is 11.2. The molecule has 98 valence electrons. The molecule has 2 bridgehead atoms. The number of rotatable bonds is 4. The number of nitrogens with one attached hydrogen (secondary N) is 1. The number of alkyl carbamates (subject to hydrolysis) is 1. The van der Waals surface area contributed by atoms with Crippen molar-refractivity contribution in [2.45, 2.75) is 26.2 Å². The Hall–Kier alpha value is -0.850. The van der Waals surface area contributed by atoms with Crippen LogP contribution in [0, 0.1) is 5.41 Å². The van der Waals surface area contributed by atoms with Gasteiger partial charge in [0, 0.05) is 13.0 Å². The molecule has 0 saturated carbocycles. The van der Waals surface area contributed by atoms with Gasteiger partial charge in [0.1, 0.15) is 6.61 Å². The van der Waals surface area contributed by atoms with Gasteiger partial charge < -0.3 is 24.3 Å². The van der Waals surface area contributed by atoms with E-state index in [4.69, 9.17) is 18.9 Å². The molecule has 0 aromatic rings. The molecule has 6 nitrogen and oxygen atoms in total. The summed E-state index contributed by atoms with van der Waals surface area (Å²) in [6.45, 7) is 6.09. The van der Waals surface area contributed by atoms with Crippen LogP contribution in [0.2, 0.25) is 0 Å². The molecule has 3 heterocycles. The van der Waals surface area contributed by atoms with E-state index >= 15 is 0 Å². The lowest BCUT2D eigenvalue weighted by molar-refractivity contribution is -0.470. The van der Waals surface area contributed by atoms with Crippen LogP contribution in [0.4, 0.5) is 4.79 Å². The first kappa shape index (κ1) is 12.6. The Morgan fingerprint density at radius 2 is 1.82 bits per heavy atom. The third-order valence-corrected chi connectivity index (χ3v) is 3.06. The van der Waals surface area contributed by atoms with Crippen molar-refractivity contribution >= 4 is 6.09 Å². The Bertz CT molecular complexity index is 269. The quantitative estimate of drug-likeness (QED) is 0.795. The van der Waals surface area contributed by atoms with Crippen LogP contribution in [0.3, 0.4) is 0 Å². The number of hydrogen-bond donors (Lipinski definition) is 1. The molecular formula is C11H19NO5. The summed E-state index contributed by atoms with van der Waals surface area (Å²) in [5.74, 6) is -0.868. The van der Waals surface area contributed by atoms with Crippen LogP contribution in [0.25, 0.3) is 0 Å². The topological polar surface area (TPSA) is 66.0 Å². The Morgan fingerprint density at radius 3 is 2.29 bits per heavy atom. The summed E-state index contributed by atoms with van der Waals surface area (Å²) in [4.78, 5) is 11.2. The summed E-state index contributed by atoms with van der Waals surface area (Å²) in [7, 11) is 0. The Morgan fingerprint density at radius 1 is 1.24 bits per heavy atom. The fourth-order valence-corrected chi connectivity index (χ4v) is 1.88. The summed E-state index contributed by atoms with van der Waals surface area (Å²) in [6.07, 6.45) is 0.236. The summed E-state index contributed by atoms with van der Waals surface area (Å²) in [5.41, 5.74) is -0.359. The highest BCUT2D eigenvalue weighted by Crippen LogP contribution is 2.40. The normalized spacial score (nSPS) is 35.6. The molecule has 3 fully saturated rings. The molecule has 0 radical (unpaired) electrons. The van der Waals surface area contributed by atoms with Gasteiger partial charge in [0.2, 0.25) is 0 Å². The van der Waals surface area contributed by atoms with E-state index in [2.05, 4.69) is 5.32 Å². The predicted octanol–water partition coefficient (Wildman–Crippen LogP) is 0.860. The summed E-state index contributed by atoms with van der Waals surface area (Å²) >= 11 is 0. The van der Waals surface area contributed by atoms with Gasteiger partial charge in [0.15, 0.2) is 0 Å². The van der Waals surface area contributed by atoms with E-state index in [-0.39, 0.29) is 12.0 Å². The molecular weight excluding hydrogens is 226 g/mol. The number of carbonyl (C=O) groups is 1. The zero-order valence-corrected chi connectivity index (χ0v) is 10.3. The molecule has 3 aliphatic heterocycles. The number of fused-ring (bicyclic) bond motifs is 3. The van der Waals surface area contributed by atoms with Gasteiger partial charge in [-0.1, -0.05) is 6.92 Å². The first-order valence-electron chi connectivity index (χ1n) is 5.96. The second kappa shape index (κ2) is 4.80. The average molecular weight is 245 g/mol. The van der Waals surface area contributed by atoms with Gasteiger partial charge in [-0.15, -0.1) is 0 Å². The van der Waals surface area contributed by atoms with Crippen molar-refractivity contribution in [1.82, 2.24) is 5.32 Å². The van der Waals surface area contributed by atoms with Crippen LogP contribution in [-0.2, 0) is 18.9 Å². The van der Waals surface area contributed by atoms with E-state index in [9.17, 15) is 4.79 Å². The van der Waals surface area contributed by atoms with E-state index in [0.717, 1.165) is 0 Å². The summed E-state index contributed by atoms with van der Waals surface area (Å²) < 4.78 is 21.8. The highest BCUT2D eigenvalue weighted by atomic mass is 16.9. The SMILES string of the molecule is CCNC(=O)OCC12COC(CC)(OC1)OC2. The lowest BCUT2D eigenvalue weighted by atomic mass is 9.90. The van der Waals surface area contributed by atoms with Crippen LogP contribution >= 0.6 is 0 Å². The molecule has 0 aromatic heterocycles. The van der Waals surface area contributed by atoms with E-state index in [1.807, 2.05) is 13.8 Å². The van der Waals surface area contributed by atoms with Gasteiger partial charge in [0.05, 0.1) is 25.2 Å². The lowest BCUT2D eigenvalue weighted by Crippen LogP contribution is -2.61. The third-order valence-electron chi connectivity index (χ3n) is 3.06. The molecule has 0 spiro atoms.